The fraction of sp³-hybridized carbons (Fsp3) is 0.944. The molecule has 8 N–H and O–H groups in total. The lowest BCUT2D eigenvalue weighted by atomic mass is 9.35. The molecular formula is C36H62O10. The molecule has 1 heterocycles. The van der Waals surface area contributed by atoms with E-state index in [2.05, 4.69) is 41.2 Å². The molecule has 0 aromatic carbocycles. The Morgan fingerprint density at radius 1 is 0.913 bits per heavy atom. The summed E-state index contributed by atoms with van der Waals surface area (Å²) in [5.41, 5.74) is -1.61. The molecule has 17 atom stereocenters. The first-order valence-corrected chi connectivity index (χ1v) is 17.6. The monoisotopic (exact) mass is 654 g/mol. The van der Waals surface area contributed by atoms with E-state index in [4.69, 9.17) is 9.47 Å². The fourth-order valence-corrected chi connectivity index (χ4v) is 12.0. The Morgan fingerprint density at radius 3 is 2.15 bits per heavy atom. The molecule has 4 saturated carbocycles. The molecule has 1 aliphatic heterocycles. The summed E-state index contributed by atoms with van der Waals surface area (Å²) in [7, 11) is 0. The van der Waals surface area contributed by atoms with Crippen LogP contribution in [0.15, 0.2) is 12.2 Å². The van der Waals surface area contributed by atoms with E-state index in [-0.39, 0.29) is 39.9 Å². The van der Waals surface area contributed by atoms with Gasteiger partial charge in [0.2, 0.25) is 0 Å². The maximum absolute atomic E-state index is 12.2. The second-order valence-corrected chi connectivity index (χ2v) is 17.5. The minimum absolute atomic E-state index is 0.123. The van der Waals surface area contributed by atoms with Crippen molar-refractivity contribution >= 4 is 0 Å². The molecule has 0 spiro atoms. The fourth-order valence-electron chi connectivity index (χ4n) is 12.0. The number of aliphatic hydroxyl groups is 8. The first-order chi connectivity index (χ1) is 21.2. The van der Waals surface area contributed by atoms with Gasteiger partial charge in [0.15, 0.2) is 6.29 Å². The average molecular weight is 655 g/mol. The van der Waals surface area contributed by atoms with Gasteiger partial charge in [-0.05, 0) is 111 Å². The highest BCUT2D eigenvalue weighted by Crippen LogP contribution is 2.76. The van der Waals surface area contributed by atoms with E-state index >= 15 is 0 Å². The molecule has 5 aliphatic rings. The Kier molecular flexibility index (Phi) is 9.78. The number of ether oxygens (including phenoxy) is 2. The highest BCUT2D eigenvalue weighted by atomic mass is 16.7. The molecule has 46 heavy (non-hydrogen) atoms. The van der Waals surface area contributed by atoms with Gasteiger partial charge in [-0.3, -0.25) is 0 Å². The van der Waals surface area contributed by atoms with E-state index in [1.807, 2.05) is 6.92 Å². The van der Waals surface area contributed by atoms with Crippen molar-refractivity contribution in [2.24, 2.45) is 45.3 Å². The van der Waals surface area contributed by atoms with Gasteiger partial charge in [0.05, 0.1) is 36.6 Å². The van der Waals surface area contributed by atoms with Crippen molar-refractivity contribution in [2.45, 2.75) is 161 Å². The minimum atomic E-state index is -1.58. The lowest BCUT2D eigenvalue weighted by Gasteiger charge is -2.71. The van der Waals surface area contributed by atoms with Crippen molar-refractivity contribution < 1.29 is 50.3 Å². The number of aliphatic hydroxyl groups excluding tert-OH is 8. The zero-order valence-corrected chi connectivity index (χ0v) is 29.0. The molecule has 5 fully saturated rings. The predicted molar refractivity (Wildman–Crippen MR) is 171 cm³/mol. The molecule has 0 radical (unpaired) electrons. The zero-order chi connectivity index (χ0) is 34.4. The molecule has 0 amide bonds. The van der Waals surface area contributed by atoms with Gasteiger partial charge in [0.25, 0.3) is 0 Å². The van der Waals surface area contributed by atoms with Gasteiger partial charge in [0.1, 0.15) is 24.4 Å². The van der Waals surface area contributed by atoms with Gasteiger partial charge in [-0.15, -0.1) is 0 Å². The van der Waals surface area contributed by atoms with E-state index in [0.29, 0.717) is 31.3 Å². The Bertz CT molecular complexity index is 1130. The van der Waals surface area contributed by atoms with Crippen LogP contribution in [0.25, 0.3) is 0 Å². The predicted octanol–water partition coefficient (Wildman–Crippen LogP) is 2.27. The summed E-state index contributed by atoms with van der Waals surface area (Å²) >= 11 is 0. The lowest BCUT2D eigenvalue weighted by molar-refractivity contribution is -0.336. The quantitative estimate of drug-likeness (QED) is 0.181. The van der Waals surface area contributed by atoms with E-state index in [9.17, 15) is 40.9 Å². The smallest absolute Gasteiger partial charge is 0.187 e. The van der Waals surface area contributed by atoms with Crippen LogP contribution in [0.5, 0.6) is 0 Å². The molecule has 266 valence electrons. The Hall–Kier alpha value is -0.660. The number of hydrogen-bond donors (Lipinski definition) is 8. The van der Waals surface area contributed by atoms with Gasteiger partial charge >= 0.3 is 0 Å². The van der Waals surface area contributed by atoms with Crippen molar-refractivity contribution in [3.8, 4) is 0 Å². The summed E-state index contributed by atoms with van der Waals surface area (Å²) in [6, 6.07) is 0. The van der Waals surface area contributed by atoms with Crippen LogP contribution in [0.4, 0.5) is 0 Å². The first kappa shape index (κ1) is 36.6. The maximum atomic E-state index is 12.2. The summed E-state index contributed by atoms with van der Waals surface area (Å²) in [5.74, 6) is -0.0592. The zero-order valence-electron chi connectivity index (χ0n) is 29.0. The standard InChI is InChI=1S/C36H62O10/c1-18(2)20(38)10-14-36(8,46-31-29(43)28(42)27(41)23(17-37)45-31)19-9-12-35(7)26(19)21(39)15-25-33(5)16-22(40)30(44)32(3,4)24(33)11-13-34(25,35)6/h19-31,37-44H,1,9-17H2,2-8H3. The summed E-state index contributed by atoms with van der Waals surface area (Å²) in [6.07, 6.45) is -5.04. The van der Waals surface area contributed by atoms with Gasteiger partial charge in [0, 0.05) is 0 Å². The van der Waals surface area contributed by atoms with Crippen LogP contribution in [0, 0.1) is 45.3 Å². The molecule has 0 bridgehead atoms. The van der Waals surface area contributed by atoms with Gasteiger partial charge in [-0.25, -0.2) is 0 Å². The maximum Gasteiger partial charge on any atom is 0.187 e. The summed E-state index contributed by atoms with van der Waals surface area (Å²) in [6.45, 7) is 18.1. The number of rotatable bonds is 8. The average Bonchev–Trinajstić information content (AvgIpc) is 3.37. The van der Waals surface area contributed by atoms with Crippen molar-refractivity contribution in [3.63, 3.8) is 0 Å². The van der Waals surface area contributed by atoms with Crippen LogP contribution in [0.2, 0.25) is 0 Å². The summed E-state index contributed by atoms with van der Waals surface area (Å²) in [4.78, 5) is 0. The van der Waals surface area contributed by atoms with Crippen LogP contribution in [-0.4, -0.2) is 108 Å². The molecule has 4 aliphatic carbocycles. The van der Waals surface area contributed by atoms with Crippen LogP contribution >= 0.6 is 0 Å². The van der Waals surface area contributed by atoms with Crippen LogP contribution in [0.3, 0.4) is 0 Å². The largest absolute Gasteiger partial charge is 0.394 e. The third kappa shape index (κ3) is 5.37. The van der Waals surface area contributed by atoms with Crippen molar-refractivity contribution in [3.05, 3.63) is 12.2 Å². The van der Waals surface area contributed by atoms with Crippen molar-refractivity contribution in [2.75, 3.05) is 6.61 Å². The number of fused-ring (bicyclic) bond motifs is 5. The highest BCUT2D eigenvalue weighted by molar-refractivity contribution is 5.21. The van der Waals surface area contributed by atoms with Gasteiger partial charge < -0.3 is 50.3 Å². The number of hydrogen-bond acceptors (Lipinski definition) is 10. The molecule has 0 aromatic rings. The topological polar surface area (TPSA) is 180 Å². The third-order valence-electron chi connectivity index (χ3n) is 14.8. The second-order valence-electron chi connectivity index (χ2n) is 17.5. The van der Waals surface area contributed by atoms with Crippen LogP contribution in [0.1, 0.15) is 99.8 Å². The van der Waals surface area contributed by atoms with Crippen LogP contribution < -0.4 is 0 Å². The van der Waals surface area contributed by atoms with Gasteiger partial charge in [-0.2, -0.15) is 0 Å². The van der Waals surface area contributed by atoms with Crippen molar-refractivity contribution in [1.82, 2.24) is 0 Å². The Labute approximate surface area is 274 Å². The molecule has 10 heteroatoms. The normalized spacial score (nSPS) is 52.2. The first-order valence-electron chi connectivity index (χ1n) is 17.6. The lowest BCUT2D eigenvalue weighted by Crippen LogP contribution is -2.68. The van der Waals surface area contributed by atoms with Gasteiger partial charge in [-0.1, -0.05) is 46.8 Å². The molecule has 10 nitrogen and oxygen atoms in total. The molecule has 1 saturated heterocycles. The molecule has 0 aromatic heterocycles. The highest BCUT2D eigenvalue weighted by Gasteiger charge is 2.72. The van der Waals surface area contributed by atoms with Crippen LogP contribution in [-0.2, 0) is 9.47 Å². The van der Waals surface area contributed by atoms with E-state index in [1.54, 1.807) is 6.92 Å². The molecule has 17 unspecified atom stereocenters. The second kappa shape index (κ2) is 12.3. The van der Waals surface area contributed by atoms with E-state index in [0.717, 1.165) is 25.7 Å². The minimum Gasteiger partial charge on any atom is -0.394 e. The van der Waals surface area contributed by atoms with Crippen molar-refractivity contribution in [1.29, 1.82) is 0 Å². The molecular weight excluding hydrogens is 592 g/mol. The summed E-state index contributed by atoms with van der Waals surface area (Å²) < 4.78 is 12.5. The molecule has 5 rings (SSSR count). The third-order valence-corrected chi connectivity index (χ3v) is 14.8. The Balaban J connectivity index is 1.50. The summed E-state index contributed by atoms with van der Waals surface area (Å²) in [5, 5.41) is 86.9. The SMILES string of the molecule is C=C(C)C(O)CCC(C)(OC1OC(CO)C(O)C(O)C1O)C1CCC2(C)C1C(O)CC1C3(C)CC(O)C(O)C(C)(C)C3CCC12C. The van der Waals surface area contributed by atoms with E-state index < -0.39 is 72.7 Å². The Morgan fingerprint density at radius 2 is 1.54 bits per heavy atom. The van der Waals surface area contributed by atoms with E-state index in [1.165, 1.54) is 0 Å².